The van der Waals surface area contributed by atoms with Crippen LogP contribution in [-0.2, 0) is 12.8 Å². The maximum Gasteiger partial charge on any atom is 0.0843 e. The highest BCUT2D eigenvalue weighted by molar-refractivity contribution is 7.03. The van der Waals surface area contributed by atoms with Gasteiger partial charge >= 0.3 is 0 Å². The summed E-state index contributed by atoms with van der Waals surface area (Å²) in [6, 6.07) is 11.4. The van der Waals surface area contributed by atoms with Crippen LogP contribution in [0.1, 0.15) is 40.8 Å². The number of aromatic nitrogens is 1. The van der Waals surface area contributed by atoms with E-state index in [-0.39, 0.29) is 0 Å². The molecule has 0 N–H and O–H groups in total. The Morgan fingerprint density at radius 1 is 0.870 bits per heavy atom. The lowest BCUT2D eigenvalue weighted by molar-refractivity contribution is 0.980. The summed E-state index contributed by atoms with van der Waals surface area (Å²) in [4.78, 5) is 0. The lowest BCUT2D eigenvalue weighted by atomic mass is 9.83. The molecule has 2 aliphatic rings. The van der Waals surface area contributed by atoms with E-state index in [1.807, 2.05) is 0 Å². The van der Waals surface area contributed by atoms with Crippen molar-refractivity contribution in [1.82, 2.24) is 4.37 Å². The van der Waals surface area contributed by atoms with Crippen molar-refractivity contribution >= 4 is 34.0 Å². The average Bonchev–Trinajstić information content (AvgIpc) is 3.15. The van der Waals surface area contributed by atoms with Crippen molar-refractivity contribution in [3.05, 3.63) is 75.8 Å². The third-order valence-corrected chi connectivity index (χ3v) is 5.63. The summed E-state index contributed by atoms with van der Waals surface area (Å²) in [5, 5.41) is 4.95. The first-order valence-electron chi connectivity index (χ1n) is 8.27. The van der Waals surface area contributed by atoms with Crippen molar-refractivity contribution in [3.63, 3.8) is 0 Å². The van der Waals surface area contributed by atoms with Crippen molar-refractivity contribution in [2.75, 3.05) is 0 Å². The second-order valence-electron chi connectivity index (χ2n) is 6.30. The molecule has 2 heteroatoms. The Bertz CT molecular complexity index is 961. The highest BCUT2D eigenvalue weighted by Crippen LogP contribution is 2.38. The topological polar surface area (TPSA) is 12.9 Å². The number of hydrogen-bond acceptors (Lipinski definition) is 2. The fraction of sp³-hybridized carbons (Fsp3) is 0.190. The second-order valence-corrected chi connectivity index (χ2v) is 6.97. The molecule has 0 amide bonds. The monoisotopic (exact) mass is 315 g/mol. The zero-order valence-electron chi connectivity index (χ0n) is 12.9. The molecule has 1 heterocycles. The van der Waals surface area contributed by atoms with Crippen molar-refractivity contribution in [1.29, 1.82) is 0 Å². The molecule has 5 rings (SSSR count). The molecule has 0 saturated carbocycles. The molecule has 0 aliphatic heterocycles. The predicted molar refractivity (Wildman–Crippen MR) is 98.8 cm³/mol. The summed E-state index contributed by atoms with van der Waals surface area (Å²) < 4.78 is 4.55. The van der Waals surface area contributed by atoms with Gasteiger partial charge in [-0.1, -0.05) is 42.5 Å². The van der Waals surface area contributed by atoms with Gasteiger partial charge in [-0.05, 0) is 76.3 Å². The first-order chi connectivity index (χ1) is 11.4. The zero-order valence-corrected chi connectivity index (χ0v) is 13.7. The number of nitrogens with zero attached hydrogens (tertiary/aromatic N) is 1. The molecule has 0 fully saturated rings. The van der Waals surface area contributed by atoms with Gasteiger partial charge in [0, 0.05) is 11.0 Å². The van der Waals surface area contributed by atoms with Crippen LogP contribution in [0.15, 0.2) is 47.9 Å². The van der Waals surface area contributed by atoms with Crippen LogP contribution in [-0.4, -0.2) is 4.37 Å². The quantitative estimate of drug-likeness (QED) is 0.567. The van der Waals surface area contributed by atoms with Gasteiger partial charge in [0.2, 0.25) is 0 Å². The van der Waals surface area contributed by atoms with Crippen LogP contribution in [0.2, 0.25) is 0 Å². The minimum Gasteiger partial charge on any atom is -0.193 e. The molecular formula is C21H17NS. The Morgan fingerprint density at radius 3 is 2.65 bits per heavy atom. The largest absolute Gasteiger partial charge is 0.193 e. The van der Waals surface area contributed by atoms with Gasteiger partial charge in [-0.2, -0.15) is 4.37 Å². The number of aryl methyl sites for hydroxylation is 2. The van der Waals surface area contributed by atoms with Gasteiger partial charge < -0.3 is 0 Å². The Hall–Kier alpha value is -2.19. The number of hydrogen-bond donors (Lipinski definition) is 0. The highest BCUT2D eigenvalue weighted by Gasteiger charge is 2.19. The van der Waals surface area contributed by atoms with E-state index < -0.39 is 0 Å². The van der Waals surface area contributed by atoms with Crippen LogP contribution in [0.4, 0.5) is 0 Å². The van der Waals surface area contributed by atoms with Gasteiger partial charge in [0.1, 0.15) is 0 Å². The number of benzene rings is 2. The van der Waals surface area contributed by atoms with Crippen molar-refractivity contribution in [2.24, 2.45) is 0 Å². The van der Waals surface area contributed by atoms with Crippen LogP contribution in [0, 0.1) is 0 Å². The van der Waals surface area contributed by atoms with Gasteiger partial charge in [0.05, 0.1) is 5.69 Å². The first-order valence-corrected chi connectivity index (χ1v) is 9.11. The van der Waals surface area contributed by atoms with Crippen LogP contribution >= 0.6 is 11.5 Å². The van der Waals surface area contributed by atoms with Gasteiger partial charge in [-0.3, -0.25) is 0 Å². The third kappa shape index (κ3) is 2.02. The van der Waals surface area contributed by atoms with E-state index in [0.717, 1.165) is 31.4 Å². The summed E-state index contributed by atoms with van der Waals surface area (Å²) in [5.41, 5.74) is 8.24. The molecule has 0 atom stereocenters. The van der Waals surface area contributed by atoms with E-state index in [9.17, 15) is 0 Å². The standard InChI is InChI=1S/C21H17NS/c1-2-5-15-14(4-1)8-9-18-16-6-3-7-20(21-12-13-23-22-21)19(16)11-10-17(15)18/h1,4,7-13H,2-3,5-6H2. The Kier molecular flexibility index (Phi) is 2.98. The van der Waals surface area contributed by atoms with Crippen LogP contribution in [0.3, 0.4) is 0 Å². The molecule has 3 aromatic rings. The van der Waals surface area contributed by atoms with Gasteiger partial charge in [-0.25, -0.2) is 0 Å². The van der Waals surface area contributed by atoms with E-state index in [1.165, 1.54) is 50.1 Å². The first kappa shape index (κ1) is 13.3. The molecule has 2 aliphatic carbocycles. The predicted octanol–water partition coefficient (Wildman–Crippen LogP) is 5.63. The SMILES string of the molecule is C1=Cc2ccc3c4c(ccc3c2CC1)C(c1ccsn1)=CCC4. The Labute approximate surface area is 140 Å². The van der Waals surface area contributed by atoms with E-state index in [4.69, 9.17) is 0 Å². The van der Waals surface area contributed by atoms with E-state index >= 15 is 0 Å². The molecular weight excluding hydrogens is 298 g/mol. The average molecular weight is 315 g/mol. The van der Waals surface area contributed by atoms with Crippen molar-refractivity contribution in [3.8, 4) is 0 Å². The number of fused-ring (bicyclic) bond motifs is 5. The molecule has 23 heavy (non-hydrogen) atoms. The number of allylic oxidation sites excluding steroid dienone is 2. The molecule has 2 aromatic carbocycles. The van der Waals surface area contributed by atoms with E-state index in [2.05, 4.69) is 58.3 Å². The molecule has 0 saturated heterocycles. The van der Waals surface area contributed by atoms with E-state index in [0.29, 0.717) is 0 Å². The van der Waals surface area contributed by atoms with Crippen LogP contribution in [0.25, 0.3) is 22.4 Å². The van der Waals surface area contributed by atoms with Crippen molar-refractivity contribution in [2.45, 2.75) is 25.7 Å². The summed E-state index contributed by atoms with van der Waals surface area (Å²) in [6.45, 7) is 0. The van der Waals surface area contributed by atoms with Gasteiger partial charge in [0.15, 0.2) is 0 Å². The molecule has 112 valence electrons. The normalized spacial score (nSPS) is 16.1. The molecule has 0 unspecified atom stereocenters. The molecule has 0 bridgehead atoms. The second kappa shape index (κ2) is 5.17. The molecule has 1 aromatic heterocycles. The summed E-state index contributed by atoms with van der Waals surface area (Å²) in [5.74, 6) is 0. The van der Waals surface area contributed by atoms with E-state index in [1.54, 1.807) is 0 Å². The molecule has 0 radical (unpaired) electrons. The Morgan fingerprint density at radius 2 is 1.74 bits per heavy atom. The van der Waals surface area contributed by atoms with Crippen LogP contribution in [0.5, 0.6) is 0 Å². The zero-order chi connectivity index (χ0) is 15.2. The van der Waals surface area contributed by atoms with Crippen LogP contribution < -0.4 is 0 Å². The summed E-state index contributed by atoms with van der Waals surface area (Å²) in [7, 11) is 0. The smallest absolute Gasteiger partial charge is 0.0843 e. The fourth-order valence-corrected chi connectivity index (χ4v) is 4.53. The lowest BCUT2D eigenvalue weighted by Crippen LogP contribution is -2.04. The fourth-order valence-electron chi connectivity index (χ4n) is 4.01. The molecule has 0 spiro atoms. The minimum absolute atomic E-state index is 1.11. The minimum atomic E-state index is 1.11. The summed E-state index contributed by atoms with van der Waals surface area (Å²) in [6.07, 6.45) is 11.5. The van der Waals surface area contributed by atoms with Gasteiger partial charge in [-0.15, -0.1) is 0 Å². The third-order valence-electron chi connectivity index (χ3n) is 5.07. The Balaban J connectivity index is 1.77. The maximum absolute atomic E-state index is 4.55. The summed E-state index contributed by atoms with van der Waals surface area (Å²) >= 11 is 1.53. The maximum atomic E-state index is 4.55. The number of rotatable bonds is 1. The molecule has 1 nitrogen and oxygen atoms in total. The highest BCUT2D eigenvalue weighted by atomic mass is 32.1. The lowest BCUT2D eigenvalue weighted by Gasteiger charge is -2.21. The van der Waals surface area contributed by atoms with Gasteiger partial charge in [0.25, 0.3) is 0 Å². The van der Waals surface area contributed by atoms with Crippen molar-refractivity contribution < 1.29 is 0 Å².